The molecule has 2 heteroatoms. The first-order chi connectivity index (χ1) is 10.3. The van der Waals surface area contributed by atoms with Crippen LogP contribution >= 0.6 is 15.9 Å². The summed E-state index contributed by atoms with van der Waals surface area (Å²) in [7, 11) is 0. The van der Waals surface area contributed by atoms with E-state index in [0.29, 0.717) is 0 Å². The van der Waals surface area contributed by atoms with Crippen molar-refractivity contribution < 1.29 is 4.79 Å². The minimum Gasteiger partial charge on any atom is -0.289 e. The van der Waals surface area contributed by atoms with E-state index >= 15 is 0 Å². The van der Waals surface area contributed by atoms with Crippen LogP contribution < -0.4 is 0 Å². The number of unbranched alkanes of at least 4 members (excludes halogenated alkanes) is 3. The molecule has 0 spiro atoms. The molecular weight excluding hydrogens is 324 g/mol. The van der Waals surface area contributed by atoms with E-state index < -0.39 is 0 Å². The normalized spacial score (nSPS) is 10.5. The summed E-state index contributed by atoms with van der Waals surface area (Å²) in [6.45, 7) is 0. The monoisotopic (exact) mass is 344 g/mol. The Morgan fingerprint density at radius 1 is 0.810 bits per heavy atom. The molecule has 0 heterocycles. The Morgan fingerprint density at radius 3 is 2.29 bits per heavy atom. The molecule has 0 radical (unpaired) electrons. The molecule has 0 saturated carbocycles. The summed E-state index contributed by atoms with van der Waals surface area (Å²) >= 11 is 3.46. The lowest BCUT2D eigenvalue weighted by Crippen LogP contribution is -2.01. The molecule has 21 heavy (non-hydrogen) atoms. The van der Waals surface area contributed by atoms with Crippen LogP contribution in [0.2, 0.25) is 0 Å². The van der Waals surface area contributed by atoms with Crippen molar-refractivity contribution in [2.75, 3.05) is 5.33 Å². The third-order valence-electron chi connectivity index (χ3n) is 3.57. The predicted molar refractivity (Wildman–Crippen MR) is 92.3 cm³/mol. The zero-order chi connectivity index (χ0) is 14.9. The Morgan fingerprint density at radius 2 is 1.52 bits per heavy atom. The maximum atomic E-state index is 12.4. The Bertz CT molecular complexity index is 563. The van der Waals surface area contributed by atoms with Gasteiger partial charge in [0.25, 0.3) is 0 Å². The molecule has 0 fully saturated rings. The maximum Gasteiger partial charge on any atom is 0.193 e. The minimum absolute atomic E-state index is 0.108. The topological polar surface area (TPSA) is 17.1 Å². The summed E-state index contributed by atoms with van der Waals surface area (Å²) in [5, 5.41) is 1.09. The van der Waals surface area contributed by atoms with Crippen molar-refractivity contribution in [2.45, 2.75) is 32.1 Å². The quantitative estimate of drug-likeness (QED) is 0.355. The highest BCUT2D eigenvalue weighted by Gasteiger charge is 2.08. The Hall–Kier alpha value is -1.41. The average Bonchev–Trinajstić information content (AvgIpc) is 2.55. The SMILES string of the molecule is O=C(c1ccccc1)c1cccc(CCCCCCBr)c1. The third-order valence-corrected chi connectivity index (χ3v) is 4.13. The molecule has 1 nitrogen and oxygen atoms in total. The number of halogens is 1. The van der Waals surface area contributed by atoms with Crippen molar-refractivity contribution >= 4 is 21.7 Å². The van der Waals surface area contributed by atoms with Gasteiger partial charge in [-0.3, -0.25) is 4.79 Å². The van der Waals surface area contributed by atoms with Gasteiger partial charge in [0.05, 0.1) is 0 Å². The van der Waals surface area contributed by atoms with Crippen LogP contribution in [0.4, 0.5) is 0 Å². The van der Waals surface area contributed by atoms with E-state index in [-0.39, 0.29) is 5.78 Å². The zero-order valence-electron chi connectivity index (χ0n) is 12.2. The molecule has 0 N–H and O–H groups in total. The van der Waals surface area contributed by atoms with Crippen molar-refractivity contribution in [1.29, 1.82) is 0 Å². The summed E-state index contributed by atoms with van der Waals surface area (Å²) in [6.07, 6.45) is 6.01. The molecule has 0 aliphatic rings. The standard InChI is InChI=1S/C19H21BrO/c20-14-7-2-1-4-9-16-10-8-13-18(15-16)19(21)17-11-5-3-6-12-17/h3,5-6,8,10-13,15H,1-2,4,7,9,14H2. The van der Waals surface area contributed by atoms with Gasteiger partial charge in [-0.2, -0.15) is 0 Å². The maximum absolute atomic E-state index is 12.4. The molecule has 2 aromatic rings. The number of hydrogen-bond donors (Lipinski definition) is 0. The number of aryl methyl sites for hydroxylation is 1. The van der Waals surface area contributed by atoms with Crippen molar-refractivity contribution in [1.82, 2.24) is 0 Å². The van der Waals surface area contributed by atoms with E-state index in [1.165, 1.54) is 31.2 Å². The molecule has 2 rings (SSSR count). The summed E-state index contributed by atoms with van der Waals surface area (Å²) in [5.41, 5.74) is 2.81. The number of carbonyl (C=O) groups is 1. The smallest absolute Gasteiger partial charge is 0.193 e. The molecule has 0 unspecified atom stereocenters. The minimum atomic E-state index is 0.108. The molecular formula is C19H21BrO. The van der Waals surface area contributed by atoms with Gasteiger partial charge in [0, 0.05) is 16.5 Å². The van der Waals surface area contributed by atoms with Crippen molar-refractivity contribution in [3.63, 3.8) is 0 Å². The second kappa shape index (κ2) is 8.78. The predicted octanol–water partition coefficient (Wildman–Crippen LogP) is 5.42. The van der Waals surface area contributed by atoms with Crippen LogP contribution in [-0.4, -0.2) is 11.1 Å². The fourth-order valence-electron chi connectivity index (χ4n) is 2.40. The molecule has 0 aromatic heterocycles. The van der Waals surface area contributed by atoms with Gasteiger partial charge in [0.1, 0.15) is 0 Å². The molecule has 0 saturated heterocycles. The van der Waals surface area contributed by atoms with Crippen LogP contribution in [0.1, 0.15) is 47.2 Å². The van der Waals surface area contributed by atoms with Gasteiger partial charge in [-0.1, -0.05) is 77.3 Å². The van der Waals surface area contributed by atoms with Crippen LogP contribution in [0.15, 0.2) is 54.6 Å². The van der Waals surface area contributed by atoms with Crippen molar-refractivity contribution in [3.05, 3.63) is 71.3 Å². The van der Waals surface area contributed by atoms with E-state index in [1.54, 1.807) is 0 Å². The van der Waals surface area contributed by atoms with Crippen LogP contribution in [0, 0.1) is 0 Å². The molecule has 0 bridgehead atoms. The Balaban J connectivity index is 1.96. The first-order valence-corrected chi connectivity index (χ1v) is 8.68. The fourth-order valence-corrected chi connectivity index (χ4v) is 2.80. The summed E-state index contributed by atoms with van der Waals surface area (Å²) in [6, 6.07) is 17.5. The number of rotatable bonds is 8. The lowest BCUT2D eigenvalue weighted by Gasteiger charge is -2.05. The van der Waals surface area contributed by atoms with Gasteiger partial charge < -0.3 is 0 Å². The number of ketones is 1. The number of carbonyl (C=O) groups excluding carboxylic acids is 1. The summed E-state index contributed by atoms with van der Waals surface area (Å²) in [4.78, 5) is 12.4. The lowest BCUT2D eigenvalue weighted by atomic mass is 9.99. The fraction of sp³-hybridized carbons (Fsp3) is 0.316. The third kappa shape index (κ3) is 5.13. The van der Waals surface area contributed by atoms with Crippen molar-refractivity contribution in [2.24, 2.45) is 0 Å². The van der Waals surface area contributed by atoms with E-state index in [0.717, 1.165) is 22.9 Å². The first-order valence-electron chi connectivity index (χ1n) is 7.56. The van der Waals surface area contributed by atoms with Crippen LogP contribution in [-0.2, 0) is 6.42 Å². The largest absolute Gasteiger partial charge is 0.289 e. The number of alkyl halides is 1. The van der Waals surface area contributed by atoms with E-state index in [4.69, 9.17) is 0 Å². The molecule has 0 atom stereocenters. The summed E-state index contributed by atoms with van der Waals surface area (Å²) in [5.74, 6) is 0.108. The number of benzene rings is 2. The summed E-state index contributed by atoms with van der Waals surface area (Å²) < 4.78 is 0. The van der Waals surface area contributed by atoms with E-state index in [9.17, 15) is 4.79 Å². The molecule has 110 valence electrons. The van der Waals surface area contributed by atoms with E-state index in [2.05, 4.69) is 22.0 Å². The highest BCUT2D eigenvalue weighted by Crippen LogP contribution is 2.14. The first kappa shape index (κ1) is 16.0. The van der Waals surface area contributed by atoms with Gasteiger partial charge in [-0.05, 0) is 30.9 Å². The van der Waals surface area contributed by atoms with Gasteiger partial charge in [-0.25, -0.2) is 0 Å². The van der Waals surface area contributed by atoms with Gasteiger partial charge >= 0.3 is 0 Å². The second-order valence-electron chi connectivity index (χ2n) is 5.25. The second-order valence-corrected chi connectivity index (χ2v) is 6.04. The molecule has 0 aliphatic carbocycles. The molecule has 2 aromatic carbocycles. The van der Waals surface area contributed by atoms with Crippen molar-refractivity contribution in [3.8, 4) is 0 Å². The molecule has 0 amide bonds. The van der Waals surface area contributed by atoms with Gasteiger partial charge in [0.2, 0.25) is 0 Å². The van der Waals surface area contributed by atoms with Crippen LogP contribution in [0.5, 0.6) is 0 Å². The van der Waals surface area contributed by atoms with Gasteiger partial charge in [-0.15, -0.1) is 0 Å². The zero-order valence-corrected chi connectivity index (χ0v) is 13.8. The van der Waals surface area contributed by atoms with Gasteiger partial charge in [0.15, 0.2) is 5.78 Å². The van der Waals surface area contributed by atoms with E-state index in [1.807, 2.05) is 48.5 Å². The van der Waals surface area contributed by atoms with Crippen LogP contribution in [0.3, 0.4) is 0 Å². The average molecular weight is 345 g/mol. The lowest BCUT2D eigenvalue weighted by molar-refractivity contribution is 0.103. The number of hydrogen-bond acceptors (Lipinski definition) is 1. The Kier molecular flexibility index (Phi) is 6.68. The van der Waals surface area contributed by atoms with Crippen LogP contribution in [0.25, 0.3) is 0 Å². The Labute approximate surface area is 135 Å². The molecule has 0 aliphatic heterocycles. The highest BCUT2D eigenvalue weighted by molar-refractivity contribution is 9.09. The highest BCUT2D eigenvalue weighted by atomic mass is 79.9.